The molecule has 113 heavy (non-hydrogen) atoms. The fourth-order valence-electron chi connectivity index (χ4n) is 8.90. The van der Waals surface area contributed by atoms with E-state index in [2.05, 4.69) is 197 Å². The summed E-state index contributed by atoms with van der Waals surface area (Å²) < 4.78 is 100. The number of quaternary nitrogens is 1. The van der Waals surface area contributed by atoms with Crippen LogP contribution in [0.25, 0.3) is 0 Å². The Labute approximate surface area is 719 Å². The van der Waals surface area contributed by atoms with Gasteiger partial charge >= 0.3 is 146 Å². The minimum atomic E-state index is -10.7. The van der Waals surface area contributed by atoms with Crippen LogP contribution >= 0.6 is 46.2 Å². The van der Waals surface area contributed by atoms with Crippen molar-refractivity contribution in [3.63, 3.8) is 0 Å². The molecule has 0 spiro atoms. The van der Waals surface area contributed by atoms with Gasteiger partial charge in [0.25, 0.3) is 60.4 Å². The molecule has 8 aliphatic heterocycles. The number of aromatic nitrogens is 16. The molecule has 8 fully saturated rings. The van der Waals surface area contributed by atoms with Crippen LogP contribution in [0, 0.1) is 0 Å². The van der Waals surface area contributed by atoms with E-state index in [1.54, 1.807) is 156 Å². The molecule has 594 valence electrons. The molecule has 8 aromatic rings. The topological polar surface area (TPSA) is 540 Å². The molecule has 8 aromatic heterocycles. The Morgan fingerprint density at radius 3 is 0.965 bits per heavy atom. The van der Waals surface area contributed by atoms with E-state index < -0.39 is 36.6 Å². The minimum Gasteiger partial charge on any atom is -1.00 e. The molecule has 0 aromatic carbocycles. The molecule has 46 nitrogen and oxygen atoms in total. The minimum absolute atomic E-state index is 0. The molecule has 16 heterocycles. The number of rotatable bonds is 11. The van der Waals surface area contributed by atoms with Crippen molar-refractivity contribution in [2.24, 2.45) is 14.1 Å². The van der Waals surface area contributed by atoms with E-state index in [9.17, 15) is 29.5 Å². The molecular weight excluding hydrogens is 1910 g/mol. The summed E-state index contributed by atoms with van der Waals surface area (Å²) in [6, 6.07) is 0. The molecule has 8 radical (unpaired) electrons. The maximum atomic E-state index is 12.0. The predicted octanol–water partition coefficient (Wildman–Crippen LogP) is -19.6. The van der Waals surface area contributed by atoms with Crippen molar-refractivity contribution in [2.45, 2.75) is 29.7 Å². The molecule has 0 unspecified atom stereocenters. The Balaban J connectivity index is 0.000000667. The van der Waals surface area contributed by atoms with Crippen LogP contribution in [-0.4, -0.2) is 260 Å². The zero-order chi connectivity index (χ0) is 75.8. The smallest absolute Gasteiger partial charge is 0.496 e. The molecule has 0 aliphatic carbocycles. The van der Waals surface area contributed by atoms with Gasteiger partial charge in [-0.15, -0.1) is 15.8 Å². The monoisotopic (exact) mass is 2000 g/mol. The zero-order valence-corrected chi connectivity index (χ0v) is 66.6. The summed E-state index contributed by atoms with van der Waals surface area (Å²) in [6.45, 7) is 0. The summed E-state index contributed by atoms with van der Waals surface area (Å²) in [4.78, 5) is 28.2. The van der Waals surface area contributed by atoms with Gasteiger partial charge in [0.15, 0.2) is 0 Å². The Bertz CT molecular complexity index is 3340. The maximum absolute atomic E-state index is 12.0. The van der Waals surface area contributed by atoms with Gasteiger partial charge in [0.2, 0.25) is 12.7 Å². The van der Waals surface area contributed by atoms with E-state index in [4.69, 9.17) is 24.2 Å². The van der Waals surface area contributed by atoms with E-state index in [1.165, 1.54) is 7.55 Å². The number of hydrogen-bond acceptors (Lipinski definition) is 35. The first-order chi connectivity index (χ1) is 50.9. The molecule has 0 bridgehead atoms. The molecular formula is C31H81B24BrF7I3N41O5P. The van der Waals surface area contributed by atoms with Gasteiger partial charge in [0.1, 0.15) is 24.8 Å². The van der Waals surface area contributed by atoms with Gasteiger partial charge in [-0.2, -0.15) is 0 Å². The molecule has 0 atom stereocenters. The third-order valence-electron chi connectivity index (χ3n) is 13.5. The average molecular weight is 1990 g/mol. The second kappa shape index (κ2) is 54.7. The Morgan fingerprint density at radius 2 is 0.708 bits per heavy atom. The summed E-state index contributed by atoms with van der Waals surface area (Å²) in [5.41, 5.74) is 0. The van der Waals surface area contributed by atoms with Crippen LogP contribution < -0.4 is 186 Å². The normalized spacial score (nSPS) is 16.8. The van der Waals surface area contributed by atoms with Crippen LogP contribution in [0.5, 0.6) is 0 Å². The molecule has 32 N–H and O–H groups in total. The van der Waals surface area contributed by atoms with Gasteiger partial charge in [0.05, 0.1) is 52.1 Å². The summed E-state index contributed by atoms with van der Waals surface area (Å²) in [6.07, 6.45) is 43.3. The van der Waals surface area contributed by atoms with E-state index in [0.717, 1.165) is 0 Å². The number of H-pyrrole nitrogens is 1. The van der Waals surface area contributed by atoms with Crippen molar-refractivity contribution in [1.29, 1.82) is 0 Å². The fourth-order valence-corrected chi connectivity index (χ4v) is 9.29. The molecule has 0 saturated carbocycles. The third-order valence-corrected chi connectivity index (χ3v) is 14.1. The van der Waals surface area contributed by atoms with Crippen molar-refractivity contribution in [3.8, 4) is 0 Å². The Kier molecular flexibility index (Phi) is 52.2. The number of nitrogens with one attached hydrogen (secondary N) is 25. The summed E-state index contributed by atoms with van der Waals surface area (Å²) in [5, 5.41) is 98.1. The van der Waals surface area contributed by atoms with E-state index in [0.29, 0.717) is 0 Å². The van der Waals surface area contributed by atoms with Crippen molar-refractivity contribution in [1.82, 2.24) is 196 Å². The van der Waals surface area contributed by atoms with Crippen LogP contribution in [-0.2, 0) is 23.2 Å². The van der Waals surface area contributed by atoms with Gasteiger partial charge in [0, 0.05) is 74.4 Å². The summed E-state index contributed by atoms with van der Waals surface area (Å²) in [5.74, 6) is 0.0890. The fraction of sp³-hybridized carbons (Fsp3) is 0.226. The van der Waals surface area contributed by atoms with E-state index in [1.807, 2.05) is 107 Å². The largest absolute Gasteiger partial charge is 1.00 e. The van der Waals surface area contributed by atoms with Gasteiger partial charge in [-0.1, -0.05) is 52.3 Å². The van der Waals surface area contributed by atoms with Crippen molar-refractivity contribution < 1.29 is 111 Å². The number of imidazole rings is 8. The number of halogens is 11. The van der Waals surface area contributed by atoms with Crippen LogP contribution in [0.2, 0.25) is 0 Å². The predicted molar refractivity (Wildman–Crippen MR) is 447 cm³/mol. The Morgan fingerprint density at radius 1 is 0.407 bits per heavy atom. The van der Waals surface area contributed by atoms with Crippen LogP contribution in [0.3, 0.4) is 0 Å². The Hall–Kier alpha value is -3.35. The van der Waals surface area contributed by atoms with Gasteiger partial charge < -0.3 is 229 Å². The van der Waals surface area contributed by atoms with Crippen molar-refractivity contribution in [2.75, 3.05) is 4.93 Å². The third kappa shape index (κ3) is 42.4. The number of aromatic amines is 1. The second-order valence-electron chi connectivity index (χ2n) is 21.5. The summed E-state index contributed by atoms with van der Waals surface area (Å²) >= 11 is 5.54. The molecule has 16 rings (SSSR count). The van der Waals surface area contributed by atoms with E-state index in [-0.39, 0.29) is 168 Å². The van der Waals surface area contributed by atoms with Gasteiger partial charge in [-0.25, -0.2) is 39.0 Å². The average Bonchev–Trinajstić information content (AvgIpc) is 1.37. The quantitative estimate of drug-likeness (QED) is 0.0188. The molecule has 8 saturated heterocycles. The van der Waals surface area contributed by atoms with Crippen molar-refractivity contribution in [3.05, 3.63) is 150 Å². The maximum Gasteiger partial charge on any atom is 0.496 e. The van der Waals surface area contributed by atoms with Gasteiger partial charge in [-0.3, -0.25) is 13.3 Å². The molecule has 82 heteroatoms. The number of aryl methyl sites for hydroxylation is 2. The molecule has 0 amide bonds. The number of nitrogens with zero attached hydrogens (tertiary/aromatic N) is 15. The zero-order valence-electron chi connectivity index (χ0n) is 57.7. The molecule has 8 aliphatic rings. The van der Waals surface area contributed by atoms with E-state index >= 15 is 0 Å². The van der Waals surface area contributed by atoms with Crippen LogP contribution in [0.4, 0.5) is 29.5 Å². The first-order valence-electron chi connectivity index (χ1n) is 31.1. The number of hydrogen-bond donors (Lipinski definition) is 29. The van der Waals surface area contributed by atoms with Crippen LogP contribution in [0.1, 0.15) is 29.7 Å². The first-order valence-corrected chi connectivity index (χ1v) is 36.2. The first kappa shape index (κ1) is 108. The second-order valence-corrected chi connectivity index (χ2v) is 24.4. The van der Waals surface area contributed by atoms with Gasteiger partial charge in [-0.05, 0) is 4.93 Å². The van der Waals surface area contributed by atoms with Crippen LogP contribution in [0.15, 0.2) is 150 Å². The summed E-state index contributed by atoms with van der Waals surface area (Å²) in [7, 11) is 0.548. The SMILES string of the molecule is BrB1N[B]NB(n2ccnc2)N1.C.C.C.C.CI.Cn1cc[n+](B2N[B]NB(OB3N[B]NB([n+]4ccn(C)c4)N3)N2)c1.F[P-](F)(F)(F)(F)F.OB1N[B]NB(F)N1.OB1N[B]NB(n2ccnc2)N1.OB1N[B]NB(n2ccnc2)N1.[B]1NB(OB2N[B]NB(n3ccnc3)N2)NB(n2ccnc2)N1.[I-].[I-].[NH4+].c1c[nH]cn1. The van der Waals surface area contributed by atoms with Crippen molar-refractivity contribution >= 4 is 220 Å². The standard InChI is InChI=1S/C8H18B6N10O.C6H12B6N10O.C3H6B3BrN5.2C3H7B3N5O.C3H4N2.CH3I.4CH4.B3FH4N3O.F6P.2HI.H3N/c1-21-3-5-23(7-21)11-15-9-17-13(19-11)25-14-18-10-16-12(20-14)24-6-4-22(2)8-24;1-3-21(5-13-1)9-15-7-17-11(19-9)23-12-18-8-16-10(20-12)22-4-2-14-6-22;7-5-9-4-10-6(11-5)12-2-1-8-3-12;2*12-6-9-4-8-5(10-6)11-2-1-7-3-11;1-2-5-3-4-1;1-2;;;;;4-2-5-1-6-3(8)7-2;1-7(2,3,4,5)6;;;/h3-8,15-20H,1-2H3;1-6,15-20H;1-3,9-11H;2*1-3,8-10,12H;1-3H,(H,4,5);1H3;4*1H4;5-8H;;2*1H;1H3/q+2;;;;;;;;;;;;-1;;;/p-1. The number of alkyl halides is 1.